The van der Waals surface area contributed by atoms with Crippen LogP contribution in [0, 0.1) is 0 Å². The van der Waals surface area contributed by atoms with Crippen LogP contribution >= 0.6 is 0 Å². The van der Waals surface area contributed by atoms with Crippen molar-refractivity contribution in [3.05, 3.63) is 54.1 Å². The molecule has 0 radical (unpaired) electrons. The van der Waals surface area contributed by atoms with E-state index < -0.39 is 5.97 Å². The first-order chi connectivity index (χ1) is 12.1. The average Bonchev–Trinajstić information content (AvgIpc) is 3.08. The minimum absolute atomic E-state index is 0.0323. The number of hydrogen-bond donors (Lipinski definition) is 2. The zero-order valence-electron chi connectivity index (χ0n) is 14.0. The van der Waals surface area contributed by atoms with Crippen LogP contribution in [0.25, 0.3) is 0 Å². The Morgan fingerprint density at radius 1 is 1.24 bits per heavy atom. The zero-order chi connectivity index (χ0) is 17.6. The minimum Gasteiger partial charge on any atom is -0.481 e. The van der Waals surface area contributed by atoms with E-state index in [4.69, 9.17) is 5.11 Å². The maximum absolute atomic E-state index is 12.6. The highest BCUT2D eigenvalue weighted by Gasteiger charge is 2.23. The van der Waals surface area contributed by atoms with Gasteiger partial charge in [0.15, 0.2) is 0 Å². The molecule has 0 spiro atoms. The number of nitrogens with one attached hydrogen (secondary N) is 1. The molecule has 1 aromatic heterocycles. The summed E-state index contributed by atoms with van der Waals surface area (Å²) in [6, 6.07) is 9.43. The largest absolute Gasteiger partial charge is 0.481 e. The van der Waals surface area contributed by atoms with Crippen molar-refractivity contribution in [1.29, 1.82) is 0 Å². The van der Waals surface area contributed by atoms with Crippen LogP contribution in [-0.2, 0) is 24.3 Å². The molecule has 0 saturated heterocycles. The average molecular weight is 342 g/mol. The van der Waals surface area contributed by atoms with Gasteiger partial charge in [0.1, 0.15) is 0 Å². The van der Waals surface area contributed by atoms with Crippen LogP contribution < -0.4 is 5.32 Å². The third kappa shape index (κ3) is 4.59. The van der Waals surface area contributed by atoms with Crippen LogP contribution in [0.2, 0.25) is 0 Å². The van der Waals surface area contributed by atoms with Gasteiger partial charge in [0.25, 0.3) is 0 Å². The Morgan fingerprint density at radius 3 is 2.80 bits per heavy atom. The maximum atomic E-state index is 12.6. The number of imidazole rings is 1. The second-order valence-corrected chi connectivity index (χ2v) is 6.27. The summed E-state index contributed by atoms with van der Waals surface area (Å²) in [6.07, 6.45) is 4.60. The lowest BCUT2D eigenvalue weighted by atomic mass is 10.0. The van der Waals surface area contributed by atoms with E-state index in [1.165, 1.54) is 0 Å². The monoisotopic (exact) mass is 342 g/mol. The molecule has 7 heteroatoms. The first-order valence-electron chi connectivity index (χ1n) is 8.42. The van der Waals surface area contributed by atoms with E-state index in [9.17, 15) is 9.59 Å². The van der Waals surface area contributed by atoms with Crippen LogP contribution in [0.3, 0.4) is 0 Å². The number of carboxylic acids is 1. The lowest BCUT2D eigenvalue weighted by Gasteiger charge is -2.30. The standard InChI is InChI=1S/C18H22N4O3/c23-17(24)7-6-15(10-14-4-2-1-3-5-14)20-18(25)21-8-9-22-13-19-11-16(22)12-21/h1-5,11,13,15H,6-10,12H2,(H,20,25)(H,23,24). The molecule has 2 amide bonds. The molecule has 0 saturated carbocycles. The number of benzene rings is 1. The van der Waals surface area contributed by atoms with Gasteiger partial charge in [-0.05, 0) is 18.4 Å². The number of carbonyl (C=O) groups is 2. The van der Waals surface area contributed by atoms with E-state index >= 15 is 0 Å². The number of nitrogens with zero attached hydrogens (tertiary/aromatic N) is 3. The van der Waals surface area contributed by atoms with Crippen molar-refractivity contribution in [3.63, 3.8) is 0 Å². The molecule has 1 aromatic carbocycles. The summed E-state index contributed by atoms with van der Waals surface area (Å²) in [4.78, 5) is 29.4. The number of carboxylic acid groups (broad SMARTS) is 1. The van der Waals surface area contributed by atoms with Crippen molar-refractivity contribution < 1.29 is 14.7 Å². The number of carbonyl (C=O) groups excluding carboxylic acids is 1. The Labute approximate surface area is 146 Å². The number of hydrogen-bond acceptors (Lipinski definition) is 3. The van der Waals surface area contributed by atoms with Crippen LogP contribution in [0.4, 0.5) is 4.79 Å². The van der Waals surface area contributed by atoms with Crippen molar-refractivity contribution in [3.8, 4) is 0 Å². The molecule has 0 bridgehead atoms. The fourth-order valence-corrected chi connectivity index (χ4v) is 3.05. The summed E-state index contributed by atoms with van der Waals surface area (Å²) < 4.78 is 2.04. The predicted octanol–water partition coefficient (Wildman–Crippen LogP) is 1.88. The summed E-state index contributed by atoms with van der Waals surface area (Å²) in [5, 5.41) is 12.0. The molecule has 1 aliphatic heterocycles. The van der Waals surface area contributed by atoms with Crippen molar-refractivity contribution >= 4 is 12.0 Å². The Balaban J connectivity index is 1.62. The number of aliphatic carboxylic acids is 1. The van der Waals surface area contributed by atoms with Gasteiger partial charge < -0.3 is 19.9 Å². The molecule has 7 nitrogen and oxygen atoms in total. The van der Waals surface area contributed by atoms with Gasteiger partial charge in [0.05, 0.1) is 18.6 Å². The highest BCUT2D eigenvalue weighted by molar-refractivity contribution is 5.75. The summed E-state index contributed by atoms with van der Waals surface area (Å²) in [7, 11) is 0. The summed E-state index contributed by atoms with van der Waals surface area (Å²) in [5.74, 6) is -0.853. The van der Waals surface area contributed by atoms with Crippen LogP contribution in [0.1, 0.15) is 24.1 Å². The fraction of sp³-hybridized carbons (Fsp3) is 0.389. The Morgan fingerprint density at radius 2 is 2.04 bits per heavy atom. The van der Waals surface area contributed by atoms with Gasteiger partial charge >= 0.3 is 12.0 Å². The lowest BCUT2D eigenvalue weighted by Crippen LogP contribution is -2.48. The quantitative estimate of drug-likeness (QED) is 0.839. The third-order valence-corrected chi connectivity index (χ3v) is 4.41. The number of aromatic nitrogens is 2. The Kier molecular flexibility index (Phi) is 5.33. The van der Waals surface area contributed by atoms with E-state index in [0.29, 0.717) is 25.9 Å². The molecule has 2 N–H and O–H groups in total. The molecule has 3 rings (SSSR count). The number of rotatable bonds is 6. The van der Waals surface area contributed by atoms with Crippen molar-refractivity contribution in [2.45, 2.75) is 38.4 Å². The van der Waals surface area contributed by atoms with Gasteiger partial charge in [-0.25, -0.2) is 9.78 Å². The molecular weight excluding hydrogens is 320 g/mol. The molecule has 0 fully saturated rings. The molecule has 1 unspecified atom stereocenters. The number of fused-ring (bicyclic) bond motifs is 1. The molecular formula is C18H22N4O3. The van der Waals surface area contributed by atoms with E-state index in [0.717, 1.165) is 17.8 Å². The zero-order valence-corrected chi connectivity index (χ0v) is 14.0. The first kappa shape index (κ1) is 17.0. The van der Waals surface area contributed by atoms with E-state index in [-0.39, 0.29) is 18.5 Å². The number of amides is 2. The smallest absolute Gasteiger partial charge is 0.318 e. The Bertz CT molecular complexity index is 729. The van der Waals surface area contributed by atoms with Crippen LogP contribution in [0.5, 0.6) is 0 Å². The molecule has 0 aliphatic carbocycles. The molecule has 1 atom stereocenters. The molecule has 1 aliphatic rings. The fourth-order valence-electron chi connectivity index (χ4n) is 3.05. The van der Waals surface area contributed by atoms with Gasteiger partial charge in [-0.1, -0.05) is 30.3 Å². The Hall–Kier alpha value is -2.83. The van der Waals surface area contributed by atoms with Crippen molar-refractivity contribution in [2.24, 2.45) is 0 Å². The second-order valence-electron chi connectivity index (χ2n) is 6.27. The predicted molar refractivity (Wildman–Crippen MR) is 92.0 cm³/mol. The van der Waals surface area contributed by atoms with Gasteiger partial charge in [-0.3, -0.25) is 4.79 Å². The van der Waals surface area contributed by atoms with Crippen molar-refractivity contribution in [1.82, 2.24) is 19.8 Å². The lowest BCUT2D eigenvalue weighted by molar-refractivity contribution is -0.137. The molecule has 132 valence electrons. The van der Waals surface area contributed by atoms with Gasteiger partial charge in [-0.2, -0.15) is 0 Å². The molecule has 2 heterocycles. The molecule has 25 heavy (non-hydrogen) atoms. The first-order valence-corrected chi connectivity index (χ1v) is 8.42. The number of urea groups is 1. The minimum atomic E-state index is -0.853. The van der Waals surface area contributed by atoms with Gasteiger partial charge in [0.2, 0.25) is 0 Å². The van der Waals surface area contributed by atoms with E-state index in [2.05, 4.69) is 10.3 Å². The van der Waals surface area contributed by atoms with E-state index in [1.54, 1.807) is 17.4 Å². The second kappa shape index (κ2) is 7.83. The van der Waals surface area contributed by atoms with E-state index in [1.807, 2.05) is 34.9 Å². The van der Waals surface area contributed by atoms with Gasteiger partial charge in [-0.15, -0.1) is 0 Å². The highest BCUT2D eigenvalue weighted by atomic mass is 16.4. The van der Waals surface area contributed by atoms with Crippen LogP contribution in [0.15, 0.2) is 42.9 Å². The van der Waals surface area contributed by atoms with Crippen LogP contribution in [-0.4, -0.2) is 44.1 Å². The maximum Gasteiger partial charge on any atom is 0.318 e. The topological polar surface area (TPSA) is 87.5 Å². The van der Waals surface area contributed by atoms with Gasteiger partial charge in [0, 0.05) is 31.7 Å². The van der Waals surface area contributed by atoms with Crippen molar-refractivity contribution in [2.75, 3.05) is 6.54 Å². The molecule has 2 aromatic rings. The summed E-state index contributed by atoms with van der Waals surface area (Å²) >= 11 is 0. The highest BCUT2D eigenvalue weighted by Crippen LogP contribution is 2.13. The summed E-state index contributed by atoms with van der Waals surface area (Å²) in [6.45, 7) is 1.86. The third-order valence-electron chi connectivity index (χ3n) is 4.41. The normalized spacial score (nSPS) is 14.6. The summed E-state index contributed by atoms with van der Waals surface area (Å²) in [5.41, 5.74) is 2.08. The SMILES string of the molecule is O=C(O)CCC(Cc1ccccc1)NC(=O)N1CCn2cncc2C1.